The van der Waals surface area contributed by atoms with Gasteiger partial charge < -0.3 is 15.0 Å². The number of carbonyl (C=O) groups is 2. The molecule has 1 N–H and O–H groups in total. The molecule has 2 rings (SSSR count). The van der Waals surface area contributed by atoms with Crippen molar-refractivity contribution in [1.82, 2.24) is 10.2 Å². The molecule has 0 aromatic heterocycles. The van der Waals surface area contributed by atoms with Crippen molar-refractivity contribution in [1.29, 1.82) is 0 Å². The summed E-state index contributed by atoms with van der Waals surface area (Å²) < 4.78 is 45.4. The molecular weight excluding hydrogens is 497 g/mol. The summed E-state index contributed by atoms with van der Waals surface area (Å²) in [5, 5.41) is 2.90. The van der Waals surface area contributed by atoms with Gasteiger partial charge in [-0.05, 0) is 63.4 Å². The summed E-state index contributed by atoms with van der Waals surface area (Å²) in [4.78, 5) is 27.6. The number of anilines is 1. The fourth-order valence-corrected chi connectivity index (χ4v) is 4.73. The highest BCUT2D eigenvalue weighted by Gasteiger charge is 2.27. The van der Waals surface area contributed by atoms with Crippen molar-refractivity contribution in [2.24, 2.45) is 0 Å². The number of sulfonamides is 1. The Hall–Kier alpha value is -3.14. The predicted molar refractivity (Wildman–Crippen MR) is 143 cm³/mol. The number of amides is 2. The number of nitrogens with zero attached hydrogens (tertiary/aromatic N) is 2. The summed E-state index contributed by atoms with van der Waals surface area (Å²) in [6, 6.07) is 11.8. The zero-order valence-corrected chi connectivity index (χ0v) is 23.1. The summed E-state index contributed by atoms with van der Waals surface area (Å²) in [6.07, 6.45) is 2.10. The zero-order chi connectivity index (χ0) is 27.6. The lowest BCUT2D eigenvalue weighted by molar-refractivity contribution is -0.140. The summed E-state index contributed by atoms with van der Waals surface area (Å²) in [6.45, 7) is 7.87. The maximum Gasteiger partial charge on any atom is 0.242 e. The molecule has 0 unspecified atom stereocenters. The lowest BCUT2D eigenvalue weighted by atomic mass is 10.1. The minimum absolute atomic E-state index is 0.0188. The summed E-state index contributed by atoms with van der Waals surface area (Å²) in [5.74, 6) is -0.539. The summed E-state index contributed by atoms with van der Waals surface area (Å²) >= 11 is 0. The fourth-order valence-electron chi connectivity index (χ4n) is 3.76. The largest absolute Gasteiger partial charge is 0.492 e. The number of hydrogen-bond acceptors (Lipinski definition) is 5. The SMILES string of the molecule is CCOc1ccccc1N(CCCC(=O)N(Cc1ccc(F)cc1)[C@H](C)C(=O)N[C@H](C)CC)S(C)(=O)=O. The molecule has 2 aromatic carbocycles. The molecule has 0 aliphatic heterocycles. The smallest absolute Gasteiger partial charge is 0.242 e. The monoisotopic (exact) mass is 535 g/mol. The van der Waals surface area contributed by atoms with Crippen LogP contribution in [0.15, 0.2) is 48.5 Å². The van der Waals surface area contributed by atoms with Gasteiger partial charge in [-0.15, -0.1) is 0 Å². The molecule has 2 atom stereocenters. The highest BCUT2D eigenvalue weighted by Crippen LogP contribution is 2.30. The van der Waals surface area contributed by atoms with E-state index >= 15 is 0 Å². The molecule has 0 heterocycles. The quantitative estimate of drug-likeness (QED) is 0.393. The number of carbonyl (C=O) groups excluding carboxylic acids is 2. The van der Waals surface area contributed by atoms with E-state index in [1.807, 2.05) is 20.8 Å². The van der Waals surface area contributed by atoms with Crippen molar-refractivity contribution in [3.05, 3.63) is 59.9 Å². The minimum Gasteiger partial charge on any atom is -0.492 e. The van der Waals surface area contributed by atoms with E-state index in [0.29, 0.717) is 23.6 Å². The number of hydrogen-bond donors (Lipinski definition) is 1. The average molecular weight is 536 g/mol. The second-order valence-corrected chi connectivity index (χ2v) is 10.9. The van der Waals surface area contributed by atoms with E-state index in [1.165, 1.54) is 21.3 Å². The molecule has 10 heteroatoms. The second-order valence-electron chi connectivity index (χ2n) is 8.98. The van der Waals surface area contributed by atoms with Crippen LogP contribution in [-0.4, -0.2) is 56.6 Å². The Balaban J connectivity index is 2.20. The predicted octanol–water partition coefficient (Wildman–Crippen LogP) is 4.10. The van der Waals surface area contributed by atoms with Crippen molar-refractivity contribution < 1.29 is 27.1 Å². The van der Waals surface area contributed by atoms with E-state index in [2.05, 4.69) is 5.32 Å². The van der Waals surface area contributed by atoms with Crippen LogP contribution in [0.5, 0.6) is 5.75 Å². The van der Waals surface area contributed by atoms with Crippen LogP contribution in [0.3, 0.4) is 0 Å². The second kappa shape index (κ2) is 14.0. The van der Waals surface area contributed by atoms with Crippen molar-refractivity contribution in [2.45, 2.75) is 65.6 Å². The van der Waals surface area contributed by atoms with Crippen LogP contribution in [0.1, 0.15) is 52.5 Å². The fraction of sp³-hybridized carbons (Fsp3) is 0.481. The van der Waals surface area contributed by atoms with E-state index in [4.69, 9.17) is 4.74 Å². The van der Waals surface area contributed by atoms with Gasteiger partial charge in [0.05, 0.1) is 18.6 Å². The van der Waals surface area contributed by atoms with Crippen LogP contribution >= 0.6 is 0 Å². The van der Waals surface area contributed by atoms with Crippen LogP contribution in [0.2, 0.25) is 0 Å². The van der Waals surface area contributed by atoms with Gasteiger partial charge in [0.15, 0.2) is 0 Å². The van der Waals surface area contributed by atoms with Gasteiger partial charge in [0.2, 0.25) is 21.8 Å². The summed E-state index contributed by atoms with van der Waals surface area (Å²) in [5.41, 5.74) is 1.09. The van der Waals surface area contributed by atoms with Gasteiger partial charge in [-0.3, -0.25) is 13.9 Å². The molecule has 0 saturated heterocycles. The molecule has 0 fully saturated rings. The molecule has 0 saturated carbocycles. The molecule has 2 aromatic rings. The molecule has 37 heavy (non-hydrogen) atoms. The van der Waals surface area contributed by atoms with Gasteiger partial charge in [0, 0.05) is 25.6 Å². The van der Waals surface area contributed by atoms with Crippen LogP contribution in [-0.2, 0) is 26.2 Å². The molecular formula is C27H38FN3O5S. The topological polar surface area (TPSA) is 96.0 Å². The molecule has 8 nitrogen and oxygen atoms in total. The van der Waals surface area contributed by atoms with Crippen molar-refractivity contribution >= 4 is 27.5 Å². The molecule has 204 valence electrons. The first-order valence-corrected chi connectivity index (χ1v) is 14.4. The first-order valence-electron chi connectivity index (χ1n) is 12.5. The van der Waals surface area contributed by atoms with Crippen LogP contribution < -0.4 is 14.4 Å². The lowest BCUT2D eigenvalue weighted by Gasteiger charge is -2.30. The van der Waals surface area contributed by atoms with Crippen LogP contribution in [0, 0.1) is 5.82 Å². The average Bonchev–Trinajstić information content (AvgIpc) is 2.85. The first kappa shape index (κ1) is 30.1. The molecule has 0 aliphatic carbocycles. The maximum atomic E-state index is 13.4. The molecule has 0 bridgehead atoms. The lowest BCUT2D eigenvalue weighted by Crippen LogP contribution is -2.49. The van der Waals surface area contributed by atoms with Crippen molar-refractivity contribution in [3.63, 3.8) is 0 Å². The van der Waals surface area contributed by atoms with E-state index in [1.54, 1.807) is 43.3 Å². The van der Waals surface area contributed by atoms with Crippen LogP contribution in [0.25, 0.3) is 0 Å². The number of nitrogens with one attached hydrogen (secondary N) is 1. The number of halogens is 1. The molecule has 0 aliphatic rings. The molecule has 0 spiro atoms. The third-order valence-corrected chi connectivity index (χ3v) is 7.20. The Bertz CT molecular complexity index is 1140. The maximum absolute atomic E-state index is 13.4. The normalized spacial score (nSPS) is 12.9. The van der Waals surface area contributed by atoms with Gasteiger partial charge in [0.1, 0.15) is 17.6 Å². The third kappa shape index (κ3) is 9.03. The molecule has 0 radical (unpaired) electrons. The first-order chi connectivity index (χ1) is 17.5. The number of rotatable bonds is 14. The summed E-state index contributed by atoms with van der Waals surface area (Å²) in [7, 11) is -3.65. The number of benzene rings is 2. The van der Waals surface area contributed by atoms with Gasteiger partial charge in [-0.1, -0.05) is 31.2 Å². The minimum atomic E-state index is -3.65. The Kier molecular flexibility index (Phi) is 11.4. The Morgan fingerprint density at radius 2 is 1.70 bits per heavy atom. The zero-order valence-electron chi connectivity index (χ0n) is 22.2. The van der Waals surface area contributed by atoms with E-state index < -0.39 is 21.9 Å². The standard InChI is InChI=1S/C27H38FN3O5S/c1-6-20(3)29-27(33)21(4)30(19-22-14-16-23(28)17-15-22)26(32)13-10-18-31(37(5,34)35)24-11-8-9-12-25(24)36-7-2/h8-9,11-12,14-17,20-21H,6-7,10,13,18-19H2,1-5H3,(H,29,33)/t20-,21-/m1/s1. The van der Waals surface area contributed by atoms with Gasteiger partial charge in [-0.2, -0.15) is 0 Å². The third-order valence-electron chi connectivity index (χ3n) is 6.02. The number of ether oxygens (including phenoxy) is 1. The Morgan fingerprint density at radius 3 is 2.30 bits per heavy atom. The highest BCUT2D eigenvalue weighted by molar-refractivity contribution is 7.92. The van der Waals surface area contributed by atoms with Crippen molar-refractivity contribution in [2.75, 3.05) is 23.7 Å². The van der Waals surface area contributed by atoms with Crippen LogP contribution in [0.4, 0.5) is 10.1 Å². The molecule has 2 amide bonds. The van der Waals surface area contributed by atoms with Gasteiger partial charge >= 0.3 is 0 Å². The van der Waals surface area contributed by atoms with E-state index in [0.717, 1.165) is 12.7 Å². The highest BCUT2D eigenvalue weighted by atomic mass is 32.2. The number of para-hydroxylation sites is 2. The van der Waals surface area contributed by atoms with E-state index in [-0.39, 0.29) is 43.8 Å². The van der Waals surface area contributed by atoms with E-state index in [9.17, 15) is 22.4 Å². The Labute approximate surface area is 219 Å². The van der Waals surface area contributed by atoms with Crippen molar-refractivity contribution in [3.8, 4) is 5.75 Å². The van der Waals surface area contributed by atoms with Gasteiger partial charge in [-0.25, -0.2) is 12.8 Å². The van der Waals surface area contributed by atoms with Gasteiger partial charge in [0.25, 0.3) is 0 Å². The Morgan fingerprint density at radius 1 is 1.05 bits per heavy atom.